The van der Waals surface area contributed by atoms with Gasteiger partial charge in [0.05, 0.1) is 0 Å². The fraction of sp³-hybridized carbons (Fsp3) is 0.647. The average molecular weight is 326 g/mol. The molecule has 0 aliphatic carbocycles. The fourth-order valence-electron chi connectivity index (χ4n) is 2.40. The van der Waals surface area contributed by atoms with Crippen LogP contribution in [0.1, 0.15) is 57.9 Å². The van der Waals surface area contributed by atoms with Crippen LogP contribution >= 0.6 is 15.9 Å². The second-order valence-electron chi connectivity index (χ2n) is 5.75. The molecule has 0 aliphatic heterocycles. The second-order valence-corrected chi connectivity index (χ2v) is 6.60. The fourth-order valence-corrected chi connectivity index (χ4v) is 3.01. The van der Waals surface area contributed by atoms with Crippen LogP contribution in [0.25, 0.3) is 0 Å². The van der Waals surface area contributed by atoms with Crippen molar-refractivity contribution in [1.82, 2.24) is 5.32 Å². The van der Waals surface area contributed by atoms with Crippen molar-refractivity contribution >= 4 is 15.9 Å². The van der Waals surface area contributed by atoms with Gasteiger partial charge in [-0.25, -0.2) is 0 Å². The lowest BCUT2D eigenvalue weighted by molar-refractivity contribution is 0.479. The third-order valence-corrected chi connectivity index (χ3v) is 4.22. The first-order chi connectivity index (χ1) is 9.15. The molecule has 1 unspecified atom stereocenters. The Morgan fingerprint density at radius 2 is 1.89 bits per heavy atom. The second kappa shape index (κ2) is 9.55. The van der Waals surface area contributed by atoms with Gasteiger partial charge < -0.3 is 5.32 Å². The molecule has 0 bridgehead atoms. The van der Waals surface area contributed by atoms with E-state index in [1.807, 2.05) is 0 Å². The molecule has 0 aromatic heterocycles. The third kappa shape index (κ3) is 6.58. The predicted molar refractivity (Wildman–Crippen MR) is 88.7 cm³/mol. The molecular formula is C17H28BrN. The Labute approximate surface area is 127 Å². The van der Waals surface area contributed by atoms with Crippen LogP contribution < -0.4 is 5.32 Å². The van der Waals surface area contributed by atoms with Crippen molar-refractivity contribution in [2.75, 3.05) is 13.1 Å². The van der Waals surface area contributed by atoms with Crippen LogP contribution in [0.2, 0.25) is 0 Å². The van der Waals surface area contributed by atoms with Gasteiger partial charge in [0.15, 0.2) is 0 Å². The van der Waals surface area contributed by atoms with Crippen molar-refractivity contribution in [2.45, 2.75) is 52.4 Å². The Kier molecular flexibility index (Phi) is 8.40. The van der Waals surface area contributed by atoms with E-state index in [9.17, 15) is 0 Å². The van der Waals surface area contributed by atoms with Crippen LogP contribution in [0, 0.1) is 5.92 Å². The molecule has 0 amide bonds. The first-order valence-corrected chi connectivity index (χ1v) is 8.39. The zero-order chi connectivity index (χ0) is 14.1. The highest BCUT2D eigenvalue weighted by atomic mass is 79.9. The molecule has 0 heterocycles. The summed E-state index contributed by atoms with van der Waals surface area (Å²) in [5.41, 5.74) is 1.45. The van der Waals surface area contributed by atoms with Gasteiger partial charge in [0, 0.05) is 11.0 Å². The molecule has 0 fully saturated rings. The van der Waals surface area contributed by atoms with Gasteiger partial charge in [-0.3, -0.25) is 0 Å². The highest BCUT2D eigenvalue weighted by Gasteiger charge is 2.13. The molecular weight excluding hydrogens is 298 g/mol. The minimum atomic E-state index is 0.626. The van der Waals surface area contributed by atoms with Crippen LogP contribution in [-0.2, 0) is 0 Å². The molecule has 2 heteroatoms. The molecule has 1 atom stereocenters. The summed E-state index contributed by atoms with van der Waals surface area (Å²) in [6.45, 7) is 9.05. The number of rotatable bonds is 9. The SMILES string of the molecule is CCCNCC(CCCC(C)C)c1ccccc1Br. The molecule has 0 aliphatic rings. The van der Waals surface area contributed by atoms with Gasteiger partial charge in [-0.05, 0) is 42.9 Å². The molecule has 1 aromatic carbocycles. The summed E-state index contributed by atoms with van der Waals surface area (Å²) in [7, 11) is 0. The zero-order valence-electron chi connectivity index (χ0n) is 12.6. The van der Waals surface area contributed by atoms with Crippen molar-refractivity contribution in [1.29, 1.82) is 0 Å². The van der Waals surface area contributed by atoms with Gasteiger partial charge in [0.25, 0.3) is 0 Å². The number of halogens is 1. The molecule has 1 rings (SSSR count). The Morgan fingerprint density at radius 1 is 1.16 bits per heavy atom. The van der Waals surface area contributed by atoms with Crippen molar-refractivity contribution in [3.63, 3.8) is 0 Å². The van der Waals surface area contributed by atoms with Crippen LogP contribution in [0.15, 0.2) is 28.7 Å². The number of hydrogen-bond donors (Lipinski definition) is 1. The van der Waals surface area contributed by atoms with Crippen molar-refractivity contribution in [2.24, 2.45) is 5.92 Å². The van der Waals surface area contributed by atoms with Gasteiger partial charge in [-0.1, -0.05) is 67.7 Å². The van der Waals surface area contributed by atoms with Crippen molar-refractivity contribution < 1.29 is 0 Å². The molecule has 0 saturated carbocycles. The smallest absolute Gasteiger partial charge is 0.0210 e. The lowest BCUT2D eigenvalue weighted by atomic mass is 9.92. The van der Waals surface area contributed by atoms with Crippen molar-refractivity contribution in [3.05, 3.63) is 34.3 Å². The summed E-state index contributed by atoms with van der Waals surface area (Å²) < 4.78 is 1.25. The molecule has 108 valence electrons. The third-order valence-electron chi connectivity index (χ3n) is 3.50. The summed E-state index contributed by atoms with van der Waals surface area (Å²) in [5.74, 6) is 1.43. The van der Waals surface area contributed by atoms with Crippen molar-refractivity contribution in [3.8, 4) is 0 Å². The Hall–Kier alpha value is -0.340. The van der Waals surface area contributed by atoms with E-state index >= 15 is 0 Å². The van der Waals surface area contributed by atoms with Crippen LogP contribution in [0.3, 0.4) is 0 Å². The molecule has 1 nitrogen and oxygen atoms in total. The van der Waals surface area contributed by atoms with Gasteiger partial charge >= 0.3 is 0 Å². The van der Waals surface area contributed by atoms with Gasteiger partial charge in [0.2, 0.25) is 0 Å². The Balaban J connectivity index is 2.60. The summed E-state index contributed by atoms with van der Waals surface area (Å²) in [4.78, 5) is 0. The van der Waals surface area contributed by atoms with E-state index in [4.69, 9.17) is 0 Å². The minimum absolute atomic E-state index is 0.626. The summed E-state index contributed by atoms with van der Waals surface area (Å²) >= 11 is 3.70. The van der Waals surface area contributed by atoms with Crippen LogP contribution in [0.4, 0.5) is 0 Å². The van der Waals surface area contributed by atoms with E-state index in [1.54, 1.807) is 0 Å². The van der Waals surface area contributed by atoms with Gasteiger partial charge in [0.1, 0.15) is 0 Å². The summed E-state index contributed by atoms with van der Waals surface area (Å²) in [6, 6.07) is 8.66. The lowest BCUT2D eigenvalue weighted by Crippen LogP contribution is -2.22. The van der Waals surface area contributed by atoms with Crippen LogP contribution in [0.5, 0.6) is 0 Å². The van der Waals surface area contributed by atoms with E-state index in [2.05, 4.69) is 66.3 Å². The maximum absolute atomic E-state index is 3.70. The highest BCUT2D eigenvalue weighted by molar-refractivity contribution is 9.10. The van der Waals surface area contributed by atoms with E-state index < -0.39 is 0 Å². The average Bonchev–Trinajstić information content (AvgIpc) is 2.37. The van der Waals surface area contributed by atoms with E-state index in [-0.39, 0.29) is 0 Å². The zero-order valence-corrected chi connectivity index (χ0v) is 14.2. The normalized spacial score (nSPS) is 12.9. The Morgan fingerprint density at radius 3 is 2.53 bits per heavy atom. The first kappa shape index (κ1) is 16.7. The van der Waals surface area contributed by atoms with Gasteiger partial charge in [-0.15, -0.1) is 0 Å². The molecule has 0 radical (unpaired) electrons. The number of nitrogens with one attached hydrogen (secondary N) is 1. The minimum Gasteiger partial charge on any atom is -0.316 e. The predicted octanol–water partition coefficient (Wildman–Crippen LogP) is 5.36. The van der Waals surface area contributed by atoms with Crippen LogP contribution in [-0.4, -0.2) is 13.1 Å². The van der Waals surface area contributed by atoms with E-state index in [1.165, 1.54) is 35.7 Å². The maximum Gasteiger partial charge on any atom is 0.0210 e. The Bertz CT molecular complexity index is 349. The molecule has 0 spiro atoms. The van der Waals surface area contributed by atoms with Gasteiger partial charge in [-0.2, -0.15) is 0 Å². The van der Waals surface area contributed by atoms with E-state index in [0.717, 1.165) is 19.0 Å². The topological polar surface area (TPSA) is 12.0 Å². The standard InChI is InChI=1S/C17H28BrN/c1-4-12-19-13-15(9-7-8-14(2)3)16-10-5-6-11-17(16)18/h5-6,10-11,14-15,19H,4,7-9,12-13H2,1-3H3. The number of benzene rings is 1. The molecule has 0 saturated heterocycles. The largest absolute Gasteiger partial charge is 0.316 e. The molecule has 19 heavy (non-hydrogen) atoms. The molecule has 1 N–H and O–H groups in total. The summed E-state index contributed by atoms with van der Waals surface area (Å²) in [6.07, 6.45) is 5.12. The number of hydrogen-bond acceptors (Lipinski definition) is 1. The monoisotopic (exact) mass is 325 g/mol. The van der Waals surface area contributed by atoms with E-state index in [0.29, 0.717) is 5.92 Å². The quantitative estimate of drug-likeness (QED) is 0.603. The lowest BCUT2D eigenvalue weighted by Gasteiger charge is -2.20. The summed E-state index contributed by atoms with van der Waals surface area (Å²) in [5, 5.41) is 3.58. The first-order valence-electron chi connectivity index (χ1n) is 7.60. The molecule has 1 aromatic rings. The maximum atomic E-state index is 3.70. The highest BCUT2D eigenvalue weighted by Crippen LogP contribution is 2.28.